The fraction of sp³-hybridized carbons (Fsp3) is 0.571. The van der Waals surface area contributed by atoms with Crippen LogP contribution in [0.3, 0.4) is 0 Å². The lowest BCUT2D eigenvalue weighted by atomic mass is 10.1. The van der Waals surface area contributed by atoms with Crippen LogP contribution in [0, 0.1) is 6.92 Å². The van der Waals surface area contributed by atoms with Crippen LogP contribution in [0.1, 0.15) is 24.0 Å². The minimum atomic E-state index is 0.742. The van der Waals surface area contributed by atoms with Crippen LogP contribution in [0.25, 0.3) is 0 Å². The number of rotatable bonds is 6. The van der Waals surface area contributed by atoms with Crippen LogP contribution in [0.5, 0.6) is 5.75 Å². The molecule has 0 bridgehead atoms. The molecule has 1 aliphatic rings. The molecular weight excluding hydrogens is 212 g/mol. The zero-order valence-corrected chi connectivity index (χ0v) is 10.8. The molecular formula is C14H22N2O. The molecule has 0 amide bonds. The van der Waals surface area contributed by atoms with Crippen LogP contribution in [-0.4, -0.2) is 31.1 Å². The molecule has 2 rings (SSSR count). The Balaban J connectivity index is 2.03. The highest BCUT2D eigenvalue weighted by Gasteiger charge is 2.28. The van der Waals surface area contributed by atoms with Gasteiger partial charge in [-0.1, -0.05) is 12.1 Å². The summed E-state index contributed by atoms with van der Waals surface area (Å²) in [5, 5.41) is 0. The Morgan fingerprint density at radius 2 is 2.18 bits per heavy atom. The molecule has 1 aromatic carbocycles. The maximum atomic E-state index is 5.66. The van der Waals surface area contributed by atoms with E-state index in [1.165, 1.54) is 24.0 Å². The van der Waals surface area contributed by atoms with E-state index in [2.05, 4.69) is 30.0 Å². The summed E-state index contributed by atoms with van der Waals surface area (Å²) in [6, 6.07) is 7.18. The van der Waals surface area contributed by atoms with Crippen molar-refractivity contribution in [2.24, 2.45) is 5.73 Å². The van der Waals surface area contributed by atoms with Crippen LogP contribution in [0.4, 0.5) is 0 Å². The minimum absolute atomic E-state index is 0.742. The van der Waals surface area contributed by atoms with Crippen molar-refractivity contribution in [3.8, 4) is 5.75 Å². The Morgan fingerprint density at radius 3 is 2.71 bits per heavy atom. The number of benzene rings is 1. The third-order valence-electron chi connectivity index (χ3n) is 3.32. The van der Waals surface area contributed by atoms with Crippen LogP contribution in [-0.2, 0) is 6.54 Å². The first-order valence-corrected chi connectivity index (χ1v) is 6.32. The largest absolute Gasteiger partial charge is 0.496 e. The lowest BCUT2D eigenvalue weighted by Gasteiger charge is -2.21. The predicted octanol–water partition coefficient (Wildman–Crippen LogP) is 1.93. The molecule has 3 nitrogen and oxygen atoms in total. The van der Waals surface area contributed by atoms with Gasteiger partial charge in [-0.3, -0.25) is 4.90 Å². The molecule has 0 aliphatic heterocycles. The van der Waals surface area contributed by atoms with E-state index in [-0.39, 0.29) is 0 Å². The Kier molecular flexibility index (Phi) is 4.02. The monoisotopic (exact) mass is 234 g/mol. The van der Waals surface area contributed by atoms with Gasteiger partial charge in [0.05, 0.1) is 7.11 Å². The third-order valence-corrected chi connectivity index (χ3v) is 3.32. The number of hydrogen-bond acceptors (Lipinski definition) is 3. The molecule has 1 aliphatic carbocycles. The second kappa shape index (κ2) is 5.52. The maximum absolute atomic E-state index is 5.66. The first-order valence-electron chi connectivity index (χ1n) is 6.32. The van der Waals surface area contributed by atoms with Crippen LogP contribution in [0.15, 0.2) is 18.2 Å². The summed E-state index contributed by atoms with van der Waals surface area (Å²) in [6.07, 6.45) is 2.66. The molecule has 0 saturated heterocycles. The van der Waals surface area contributed by atoms with Gasteiger partial charge in [0.25, 0.3) is 0 Å². The molecule has 1 aromatic rings. The van der Waals surface area contributed by atoms with E-state index in [1.54, 1.807) is 7.11 Å². The summed E-state index contributed by atoms with van der Waals surface area (Å²) in [7, 11) is 1.72. The van der Waals surface area contributed by atoms with E-state index in [9.17, 15) is 0 Å². The summed E-state index contributed by atoms with van der Waals surface area (Å²) < 4.78 is 5.28. The Bertz CT molecular complexity index is 374. The number of nitrogens with two attached hydrogens (primary N) is 1. The van der Waals surface area contributed by atoms with Crippen LogP contribution >= 0.6 is 0 Å². The van der Waals surface area contributed by atoms with Gasteiger partial charge in [0.1, 0.15) is 5.75 Å². The molecule has 0 radical (unpaired) electrons. The first kappa shape index (κ1) is 12.4. The molecule has 1 fully saturated rings. The van der Waals surface area contributed by atoms with E-state index >= 15 is 0 Å². The van der Waals surface area contributed by atoms with E-state index in [0.29, 0.717) is 0 Å². The minimum Gasteiger partial charge on any atom is -0.496 e. The van der Waals surface area contributed by atoms with Gasteiger partial charge in [-0.05, 0) is 37.0 Å². The summed E-state index contributed by atoms with van der Waals surface area (Å²) in [5.41, 5.74) is 8.22. The molecule has 0 spiro atoms. The van der Waals surface area contributed by atoms with Gasteiger partial charge >= 0.3 is 0 Å². The van der Waals surface area contributed by atoms with Gasteiger partial charge in [0, 0.05) is 25.7 Å². The first-order chi connectivity index (χ1) is 8.24. The number of ether oxygens (including phenoxy) is 1. The zero-order chi connectivity index (χ0) is 12.3. The highest BCUT2D eigenvalue weighted by Crippen LogP contribution is 2.28. The SMILES string of the molecule is COc1ccc(CN(CCN)C2CC2)cc1C. The normalized spacial score (nSPS) is 15.3. The van der Waals surface area contributed by atoms with Crippen LogP contribution in [0.2, 0.25) is 0 Å². The standard InChI is InChI=1S/C14H22N2O/c1-11-9-12(3-6-14(11)17-2)10-16(8-7-15)13-4-5-13/h3,6,9,13H,4-5,7-8,10,15H2,1-2H3. The Hall–Kier alpha value is -1.06. The van der Waals surface area contributed by atoms with Gasteiger partial charge in [-0.15, -0.1) is 0 Å². The van der Waals surface area contributed by atoms with Crippen molar-refractivity contribution in [3.63, 3.8) is 0 Å². The van der Waals surface area contributed by atoms with Gasteiger partial charge < -0.3 is 10.5 Å². The van der Waals surface area contributed by atoms with E-state index in [0.717, 1.165) is 31.4 Å². The van der Waals surface area contributed by atoms with Crippen molar-refractivity contribution in [2.75, 3.05) is 20.2 Å². The molecule has 3 heteroatoms. The molecule has 0 unspecified atom stereocenters. The number of hydrogen-bond donors (Lipinski definition) is 1. The highest BCUT2D eigenvalue weighted by molar-refractivity contribution is 5.36. The molecule has 2 N–H and O–H groups in total. The third kappa shape index (κ3) is 3.20. The van der Waals surface area contributed by atoms with Crippen molar-refractivity contribution < 1.29 is 4.74 Å². The summed E-state index contributed by atoms with van der Waals surface area (Å²) in [6.45, 7) is 4.83. The Labute approximate surface area is 104 Å². The second-order valence-corrected chi connectivity index (χ2v) is 4.79. The van der Waals surface area contributed by atoms with Crippen molar-refractivity contribution in [2.45, 2.75) is 32.4 Å². The average molecular weight is 234 g/mol. The van der Waals surface area contributed by atoms with E-state index in [1.807, 2.05) is 0 Å². The summed E-state index contributed by atoms with van der Waals surface area (Å²) >= 11 is 0. The molecule has 0 atom stereocenters. The van der Waals surface area contributed by atoms with Gasteiger partial charge in [-0.2, -0.15) is 0 Å². The lowest BCUT2D eigenvalue weighted by Crippen LogP contribution is -2.31. The topological polar surface area (TPSA) is 38.5 Å². The molecule has 0 heterocycles. The van der Waals surface area contributed by atoms with E-state index in [4.69, 9.17) is 10.5 Å². The number of aryl methyl sites for hydroxylation is 1. The maximum Gasteiger partial charge on any atom is 0.121 e. The van der Waals surface area contributed by atoms with Crippen molar-refractivity contribution in [1.29, 1.82) is 0 Å². The zero-order valence-electron chi connectivity index (χ0n) is 10.8. The average Bonchev–Trinajstić information content (AvgIpc) is 3.12. The summed E-state index contributed by atoms with van der Waals surface area (Å²) in [5.74, 6) is 0.963. The number of methoxy groups -OCH3 is 1. The molecule has 94 valence electrons. The van der Waals surface area contributed by atoms with Gasteiger partial charge in [0.2, 0.25) is 0 Å². The Morgan fingerprint density at radius 1 is 1.41 bits per heavy atom. The number of nitrogens with zero attached hydrogens (tertiary/aromatic N) is 1. The fourth-order valence-electron chi connectivity index (χ4n) is 2.27. The van der Waals surface area contributed by atoms with Crippen molar-refractivity contribution in [3.05, 3.63) is 29.3 Å². The van der Waals surface area contributed by atoms with E-state index < -0.39 is 0 Å². The smallest absolute Gasteiger partial charge is 0.121 e. The van der Waals surface area contributed by atoms with Gasteiger partial charge in [-0.25, -0.2) is 0 Å². The summed E-state index contributed by atoms with van der Waals surface area (Å²) in [4.78, 5) is 2.49. The van der Waals surface area contributed by atoms with Gasteiger partial charge in [0.15, 0.2) is 0 Å². The quantitative estimate of drug-likeness (QED) is 0.817. The molecule has 17 heavy (non-hydrogen) atoms. The molecule has 0 aromatic heterocycles. The predicted molar refractivity (Wildman–Crippen MR) is 70.2 cm³/mol. The lowest BCUT2D eigenvalue weighted by molar-refractivity contribution is 0.262. The highest BCUT2D eigenvalue weighted by atomic mass is 16.5. The van der Waals surface area contributed by atoms with Crippen LogP contribution < -0.4 is 10.5 Å². The van der Waals surface area contributed by atoms with Crippen molar-refractivity contribution in [1.82, 2.24) is 4.90 Å². The molecule has 1 saturated carbocycles. The fourth-order valence-corrected chi connectivity index (χ4v) is 2.27. The second-order valence-electron chi connectivity index (χ2n) is 4.79. The van der Waals surface area contributed by atoms with Crippen molar-refractivity contribution >= 4 is 0 Å².